The molecule has 0 unspecified atom stereocenters. The standard InChI is InChI=1S/C11H13N3O3/c1-3-16-11(15)10-13-12-8(2)14(10)7-9-5-4-6-17-9/h4-6H,3,7H2,1-2H3. The van der Waals surface area contributed by atoms with Crippen molar-refractivity contribution in [3.63, 3.8) is 0 Å². The third-order valence-electron chi connectivity index (χ3n) is 2.29. The van der Waals surface area contributed by atoms with Gasteiger partial charge in [0.2, 0.25) is 5.82 Å². The summed E-state index contributed by atoms with van der Waals surface area (Å²) in [6.07, 6.45) is 1.58. The van der Waals surface area contributed by atoms with E-state index in [1.54, 1.807) is 30.7 Å². The van der Waals surface area contributed by atoms with Crippen molar-refractivity contribution in [1.82, 2.24) is 14.8 Å². The van der Waals surface area contributed by atoms with Crippen molar-refractivity contribution < 1.29 is 13.9 Å². The minimum absolute atomic E-state index is 0.195. The van der Waals surface area contributed by atoms with Crippen LogP contribution in [0.3, 0.4) is 0 Å². The van der Waals surface area contributed by atoms with E-state index in [1.165, 1.54) is 0 Å². The summed E-state index contributed by atoms with van der Waals surface area (Å²) in [5, 5.41) is 7.68. The minimum Gasteiger partial charge on any atom is -0.467 e. The molecule has 0 saturated heterocycles. The first-order chi connectivity index (χ1) is 8.22. The van der Waals surface area contributed by atoms with Crippen molar-refractivity contribution in [1.29, 1.82) is 0 Å². The molecule has 0 spiro atoms. The lowest BCUT2D eigenvalue weighted by molar-refractivity contribution is 0.0506. The number of hydrogen-bond donors (Lipinski definition) is 0. The van der Waals surface area contributed by atoms with Crippen LogP contribution >= 0.6 is 0 Å². The predicted molar refractivity (Wildman–Crippen MR) is 58.5 cm³/mol. The van der Waals surface area contributed by atoms with Crippen molar-refractivity contribution >= 4 is 5.97 Å². The van der Waals surface area contributed by atoms with Crippen molar-refractivity contribution in [3.8, 4) is 0 Å². The minimum atomic E-state index is -0.473. The zero-order valence-corrected chi connectivity index (χ0v) is 9.71. The molecule has 0 amide bonds. The van der Waals surface area contributed by atoms with Gasteiger partial charge >= 0.3 is 5.97 Å². The summed E-state index contributed by atoms with van der Waals surface area (Å²) in [6, 6.07) is 3.62. The van der Waals surface area contributed by atoms with Crippen LogP contribution in [0.4, 0.5) is 0 Å². The fourth-order valence-electron chi connectivity index (χ4n) is 1.48. The van der Waals surface area contributed by atoms with E-state index in [9.17, 15) is 4.79 Å². The summed E-state index contributed by atoms with van der Waals surface area (Å²) in [4.78, 5) is 11.6. The van der Waals surface area contributed by atoms with Gasteiger partial charge in [-0.25, -0.2) is 4.79 Å². The van der Waals surface area contributed by atoms with Gasteiger partial charge < -0.3 is 9.15 Å². The highest BCUT2D eigenvalue weighted by Crippen LogP contribution is 2.09. The Morgan fingerprint density at radius 2 is 2.35 bits per heavy atom. The van der Waals surface area contributed by atoms with Crippen LogP contribution < -0.4 is 0 Å². The second kappa shape index (κ2) is 4.82. The van der Waals surface area contributed by atoms with Gasteiger partial charge in [-0.3, -0.25) is 4.57 Å². The SMILES string of the molecule is CCOC(=O)c1nnc(C)n1Cc1ccco1. The quantitative estimate of drug-likeness (QED) is 0.749. The number of ether oxygens (including phenoxy) is 1. The van der Waals surface area contributed by atoms with Gasteiger partial charge in [-0.05, 0) is 26.0 Å². The molecule has 2 aromatic rings. The Morgan fingerprint density at radius 1 is 1.53 bits per heavy atom. The number of rotatable bonds is 4. The highest BCUT2D eigenvalue weighted by molar-refractivity contribution is 5.85. The highest BCUT2D eigenvalue weighted by Gasteiger charge is 2.18. The molecule has 17 heavy (non-hydrogen) atoms. The Hall–Kier alpha value is -2.11. The first-order valence-electron chi connectivity index (χ1n) is 5.31. The topological polar surface area (TPSA) is 70.2 Å². The molecule has 2 aromatic heterocycles. The number of carbonyl (C=O) groups excluding carboxylic acids is 1. The fourth-order valence-corrected chi connectivity index (χ4v) is 1.48. The molecule has 0 bridgehead atoms. The number of nitrogens with zero attached hydrogens (tertiary/aromatic N) is 3. The van der Waals surface area contributed by atoms with E-state index in [4.69, 9.17) is 9.15 Å². The lowest BCUT2D eigenvalue weighted by Crippen LogP contribution is -2.14. The van der Waals surface area contributed by atoms with Gasteiger partial charge in [-0.15, -0.1) is 10.2 Å². The summed E-state index contributed by atoms with van der Waals surface area (Å²) in [5.41, 5.74) is 0. The number of aromatic nitrogens is 3. The van der Waals surface area contributed by atoms with Crippen LogP contribution in [0.5, 0.6) is 0 Å². The van der Waals surface area contributed by atoms with E-state index in [0.717, 1.165) is 5.76 Å². The van der Waals surface area contributed by atoms with Crippen molar-refractivity contribution in [2.45, 2.75) is 20.4 Å². The molecule has 0 aliphatic carbocycles. The summed E-state index contributed by atoms with van der Waals surface area (Å²) >= 11 is 0. The lowest BCUT2D eigenvalue weighted by atomic mass is 10.4. The Morgan fingerprint density at radius 3 is 3.00 bits per heavy atom. The summed E-state index contributed by atoms with van der Waals surface area (Å²) in [6.45, 7) is 4.25. The van der Waals surface area contributed by atoms with Crippen LogP contribution in [0.25, 0.3) is 0 Å². The van der Waals surface area contributed by atoms with Crippen LogP contribution in [0.2, 0.25) is 0 Å². The number of aryl methyl sites for hydroxylation is 1. The molecule has 2 rings (SSSR count). The highest BCUT2D eigenvalue weighted by atomic mass is 16.5. The molecule has 6 heteroatoms. The fraction of sp³-hybridized carbons (Fsp3) is 0.364. The summed E-state index contributed by atoms with van der Waals surface area (Å²) < 4.78 is 11.8. The maximum absolute atomic E-state index is 11.6. The number of furan rings is 1. The third-order valence-corrected chi connectivity index (χ3v) is 2.29. The molecule has 0 saturated carbocycles. The van der Waals surface area contributed by atoms with Crippen LogP contribution in [-0.2, 0) is 11.3 Å². The molecular formula is C11H13N3O3. The molecule has 2 heterocycles. The van der Waals surface area contributed by atoms with Crippen LogP contribution in [-0.4, -0.2) is 27.3 Å². The molecule has 6 nitrogen and oxygen atoms in total. The number of esters is 1. The van der Waals surface area contributed by atoms with Gasteiger partial charge in [0.05, 0.1) is 19.4 Å². The molecule has 0 aliphatic heterocycles. The Balaban J connectivity index is 2.26. The largest absolute Gasteiger partial charge is 0.467 e. The average molecular weight is 235 g/mol. The molecule has 90 valence electrons. The maximum atomic E-state index is 11.6. The van der Waals surface area contributed by atoms with Gasteiger partial charge in [0, 0.05) is 0 Å². The van der Waals surface area contributed by atoms with Gasteiger partial charge in [-0.1, -0.05) is 0 Å². The van der Waals surface area contributed by atoms with Crippen molar-refractivity contribution in [3.05, 3.63) is 35.8 Å². The van der Waals surface area contributed by atoms with E-state index in [2.05, 4.69) is 10.2 Å². The van der Waals surface area contributed by atoms with Crippen molar-refractivity contribution in [2.75, 3.05) is 6.61 Å². The summed E-state index contributed by atoms with van der Waals surface area (Å²) in [7, 11) is 0. The van der Waals surface area contributed by atoms with Crippen LogP contribution in [0, 0.1) is 6.92 Å². The van der Waals surface area contributed by atoms with Gasteiger partial charge in [0.1, 0.15) is 11.6 Å². The number of carbonyl (C=O) groups is 1. The first kappa shape index (κ1) is 11.4. The van der Waals surface area contributed by atoms with E-state index in [0.29, 0.717) is 19.0 Å². The third kappa shape index (κ3) is 2.35. The predicted octanol–water partition coefficient (Wildman–Crippen LogP) is 1.40. The Labute approximate surface area is 98.2 Å². The monoisotopic (exact) mass is 235 g/mol. The molecule has 0 N–H and O–H groups in total. The maximum Gasteiger partial charge on any atom is 0.376 e. The second-order valence-corrected chi connectivity index (χ2v) is 3.46. The van der Waals surface area contributed by atoms with Crippen LogP contribution in [0.15, 0.2) is 22.8 Å². The van der Waals surface area contributed by atoms with E-state index in [1.807, 2.05) is 6.07 Å². The molecule has 0 radical (unpaired) electrons. The Kier molecular flexibility index (Phi) is 3.22. The Bertz CT molecular complexity index is 502. The second-order valence-electron chi connectivity index (χ2n) is 3.46. The molecule has 0 fully saturated rings. The van der Waals surface area contributed by atoms with Crippen molar-refractivity contribution in [2.24, 2.45) is 0 Å². The molecular weight excluding hydrogens is 222 g/mol. The zero-order chi connectivity index (χ0) is 12.3. The normalized spacial score (nSPS) is 10.5. The van der Waals surface area contributed by atoms with E-state index in [-0.39, 0.29) is 5.82 Å². The van der Waals surface area contributed by atoms with Crippen LogP contribution in [0.1, 0.15) is 29.1 Å². The average Bonchev–Trinajstić information content (AvgIpc) is 2.91. The summed E-state index contributed by atoms with van der Waals surface area (Å²) in [5.74, 6) is 1.10. The van der Waals surface area contributed by atoms with E-state index < -0.39 is 5.97 Å². The molecule has 0 atom stereocenters. The van der Waals surface area contributed by atoms with Gasteiger partial charge in [-0.2, -0.15) is 0 Å². The number of hydrogen-bond acceptors (Lipinski definition) is 5. The van der Waals surface area contributed by atoms with Gasteiger partial charge in [0.25, 0.3) is 0 Å². The first-order valence-corrected chi connectivity index (χ1v) is 5.31. The van der Waals surface area contributed by atoms with Gasteiger partial charge in [0.15, 0.2) is 0 Å². The lowest BCUT2D eigenvalue weighted by Gasteiger charge is -2.05. The smallest absolute Gasteiger partial charge is 0.376 e. The van der Waals surface area contributed by atoms with E-state index >= 15 is 0 Å². The zero-order valence-electron chi connectivity index (χ0n) is 9.71. The molecule has 0 aliphatic rings. The molecule has 0 aromatic carbocycles.